The van der Waals surface area contributed by atoms with Gasteiger partial charge in [0.15, 0.2) is 0 Å². The van der Waals surface area contributed by atoms with Gasteiger partial charge in [0.1, 0.15) is 5.75 Å². The first-order chi connectivity index (χ1) is 12.0. The molecule has 1 aromatic rings. The van der Waals surface area contributed by atoms with Crippen molar-refractivity contribution in [2.75, 3.05) is 24.5 Å². The summed E-state index contributed by atoms with van der Waals surface area (Å²) in [7, 11) is 0. The van der Waals surface area contributed by atoms with Crippen LogP contribution in [0.1, 0.15) is 47.0 Å². The predicted molar refractivity (Wildman–Crippen MR) is 99.8 cm³/mol. The molecule has 5 heteroatoms. The van der Waals surface area contributed by atoms with Gasteiger partial charge in [0.25, 0.3) is 0 Å². The number of nitrogens with zero attached hydrogens (tertiary/aromatic N) is 2. The maximum Gasteiger partial charge on any atom is 0.228 e. The van der Waals surface area contributed by atoms with Gasteiger partial charge in [0.05, 0.1) is 17.7 Å². The molecule has 0 aromatic heterocycles. The molecule has 2 rings (SSSR count). The number of ether oxygens (including phenoxy) is 1. The zero-order valence-corrected chi connectivity index (χ0v) is 15.8. The minimum atomic E-state index is -0.266. The smallest absolute Gasteiger partial charge is 0.228 e. The maximum atomic E-state index is 12.8. The third kappa shape index (κ3) is 4.74. The van der Waals surface area contributed by atoms with E-state index in [1.165, 1.54) is 0 Å². The van der Waals surface area contributed by atoms with Crippen molar-refractivity contribution in [2.24, 2.45) is 5.92 Å². The molecule has 0 aliphatic carbocycles. The predicted octanol–water partition coefficient (Wildman–Crippen LogP) is 3.48. The topological polar surface area (TPSA) is 49.9 Å². The van der Waals surface area contributed by atoms with E-state index in [9.17, 15) is 9.59 Å². The second kappa shape index (κ2) is 8.88. The summed E-state index contributed by atoms with van der Waals surface area (Å²) in [6, 6.07) is 7.55. The zero-order chi connectivity index (χ0) is 18.4. The molecule has 1 aromatic carbocycles. The van der Waals surface area contributed by atoms with E-state index in [2.05, 4.69) is 13.8 Å². The highest BCUT2D eigenvalue weighted by atomic mass is 16.5. The summed E-state index contributed by atoms with van der Waals surface area (Å²) in [6.45, 7) is 10.0. The number of hydrogen-bond donors (Lipinski definition) is 0. The number of anilines is 1. The lowest BCUT2D eigenvalue weighted by Gasteiger charge is -2.25. The summed E-state index contributed by atoms with van der Waals surface area (Å²) < 4.78 is 5.84. The SMILES string of the molecule is CCCN(CCC)C(=O)C1CC(=O)N(c2ccccc2OC(C)C)C1. The molecule has 0 radical (unpaired) electrons. The normalized spacial score (nSPS) is 17.2. The second-order valence-corrected chi connectivity index (χ2v) is 6.87. The molecule has 1 unspecified atom stereocenters. The molecule has 1 aliphatic rings. The first kappa shape index (κ1) is 19.3. The Balaban J connectivity index is 2.16. The van der Waals surface area contributed by atoms with Crippen molar-refractivity contribution in [3.63, 3.8) is 0 Å². The van der Waals surface area contributed by atoms with Crippen LogP contribution in [0.5, 0.6) is 5.75 Å². The maximum absolute atomic E-state index is 12.8. The number of amides is 2. The Morgan fingerprint density at radius 1 is 1.24 bits per heavy atom. The van der Waals surface area contributed by atoms with E-state index in [1.54, 1.807) is 4.90 Å². The van der Waals surface area contributed by atoms with Gasteiger partial charge in [0.2, 0.25) is 11.8 Å². The first-order valence-corrected chi connectivity index (χ1v) is 9.32. The molecule has 0 N–H and O–H groups in total. The Bertz CT molecular complexity index is 594. The molecule has 1 saturated heterocycles. The molecular formula is C20H30N2O3. The molecule has 2 amide bonds. The van der Waals surface area contributed by atoms with E-state index in [0.717, 1.165) is 31.6 Å². The fraction of sp³-hybridized carbons (Fsp3) is 0.600. The van der Waals surface area contributed by atoms with Crippen LogP contribution in [0.25, 0.3) is 0 Å². The van der Waals surface area contributed by atoms with E-state index in [4.69, 9.17) is 4.74 Å². The van der Waals surface area contributed by atoms with E-state index in [0.29, 0.717) is 12.3 Å². The fourth-order valence-corrected chi connectivity index (χ4v) is 3.27. The fourth-order valence-electron chi connectivity index (χ4n) is 3.27. The van der Waals surface area contributed by atoms with Crippen LogP contribution in [0.15, 0.2) is 24.3 Å². The zero-order valence-electron chi connectivity index (χ0n) is 15.8. The summed E-state index contributed by atoms with van der Waals surface area (Å²) in [4.78, 5) is 29.0. The molecule has 0 spiro atoms. The summed E-state index contributed by atoms with van der Waals surface area (Å²) >= 11 is 0. The molecule has 1 atom stereocenters. The first-order valence-electron chi connectivity index (χ1n) is 9.32. The molecule has 5 nitrogen and oxygen atoms in total. The molecule has 0 saturated carbocycles. The molecule has 138 valence electrons. The quantitative estimate of drug-likeness (QED) is 0.724. The Kier molecular flexibility index (Phi) is 6.85. The number of para-hydroxylation sites is 2. The van der Waals surface area contributed by atoms with Gasteiger partial charge in [-0.25, -0.2) is 0 Å². The molecule has 1 fully saturated rings. The minimum Gasteiger partial charge on any atom is -0.489 e. The summed E-state index contributed by atoms with van der Waals surface area (Å²) in [5.41, 5.74) is 0.758. The average Bonchev–Trinajstić information content (AvgIpc) is 2.95. The summed E-state index contributed by atoms with van der Waals surface area (Å²) in [5.74, 6) is 0.517. The van der Waals surface area contributed by atoms with E-state index in [1.807, 2.05) is 43.0 Å². The largest absolute Gasteiger partial charge is 0.489 e. The van der Waals surface area contributed by atoms with E-state index < -0.39 is 0 Å². The van der Waals surface area contributed by atoms with Crippen molar-refractivity contribution in [3.8, 4) is 5.75 Å². The molecule has 1 aliphatic heterocycles. The standard InChI is InChI=1S/C20H30N2O3/c1-5-11-21(12-6-2)20(24)16-13-19(23)22(14-16)17-9-7-8-10-18(17)25-15(3)4/h7-10,15-16H,5-6,11-14H2,1-4H3. The van der Waals surface area contributed by atoms with Gasteiger partial charge < -0.3 is 14.5 Å². The van der Waals surface area contributed by atoms with Gasteiger partial charge in [-0.05, 0) is 38.8 Å². The highest BCUT2D eigenvalue weighted by Crippen LogP contribution is 2.34. The van der Waals surface area contributed by atoms with Gasteiger partial charge in [-0.2, -0.15) is 0 Å². The lowest BCUT2D eigenvalue weighted by atomic mass is 10.1. The van der Waals surface area contributed by atoms with Crippen molar-refractivity contribution in [3.05, 3.63) is 24.3 Å². The highest BCUT2D eigenvalue weighted by Gasteiger charge is 2.37. The van der Waals surface area contributed by atoms with E-state index in [-0.39, 0.29) is 30.3 Å². The summed E-state index contributed by atoms with van der Waals surface area (Å²) in [5, 5.41) is 0. The molecule has 0 bridgehead atoms. The van der Waals surface area contributed by atoms with E-state index >= 15 is 0 Å². The van der Waals surface area contributed by atoms with Crippen LogP contribution in [0.4, 0.5) is 5.69 Å². The van der Waals surface area contributed by atoms with Gasteiger partial charge >= 0.3 is 0 Å². The number of carbonyl (C=O) groups is 2. The monoisotopic (exact) mass is 346 g/mol. The summed E-state index contributed by atoms with van der Waals surface area (Å²) in [6.07, 6.45) is 2.17. The lowest BCUT2D eigenvalue weighted by molar-refractivity contribution is -0.135. The number of rotatable bonds is 8. The van der Waals surface area contributed by atoms with Crippen molar-refractivity contribution < 1.29 is 14.3 Å². The van der Waals surface area contributed by atoms with Crippen LogP contribution in [-0.2, 0) is 9.59 Å². The van der Waals surface area contributed by atoms with Crippen LogP contribution in [-0.4, -0.2) is 42.5 Å². The Morgan fingerprint density at radius 2 is 1.88 bits per heavy atom. The van der Waals surface area contributed by atoms with Gasteiger partial charge in [-0.3, -0.25) is 9.59 Å². The number of hydrogen-bond acceptors (Lipinski definition) is 3. The van der Waals surface area contributed by atoms with Crippen molar-refractivity contribution in [2.45, 2.75) is 53.1 Å². The van der Waals surface area contributed by atoms with Crippen molar-refractivity contribution in [1.82, 2.24) is 4.90 Å². The number of carbonyl (C=O) groups excluding carboxylic acids is 2. The Labute approximate surface area is 150 Å². The molecule has 1 heterocycles. The van der Waals surface area contributed by atoms with Crippen LogP contribution in [0.3, 0.4) is 0 Å². The van der Waals surface area contributed by atoms with Gasteiger partial charge in [-0.1, -0.05) is 26.0 Å². The highest BCUT2D eigenvalue weighted by molar-refractivity contribution is 6.01. The molecule has 25 heavy (non-hydrogen) atoms. The van der Waals surface area contributed by atoms with Crippen LogP contribution in [0, 0.1) is 5.92 Å². The molecular weight excluding hydrogens is 316 g/mol. The third-order valence-electron chi connectivity index (χ3n) is 4.29. The Morgan fingerprint density at radius 3 is 2.48 bits per heavy atom. The van der Waals surface area contributed by atoms with Crippen LogP contribution < -0.4 is 9.64 Å². The third-order valence-corrected chi connectivity index (χ3v) is 4.29. The average molecular weight is 346 g/mol. The second-order valence-electron chi connectivity index (χ2n) is 6.87. The van der Waals surface area contributed by atoms with Crippen molar-refractivity contribution in [1.29, 1.82) is 0 Å². The Hall–Kier alpha value is -2.04. The van der Waals surface area contributed by atoms with Crippen LogP contribution >= 0.6 is 0 Å². The lowest BCUT2D eigenvalue weighted by Crippen LogP contribution is -2.38. The van der Waals surface area contributed by atoms with Crippen molar-refractivity contribution >= 4 is 17.5 Å². The van der Waals surface area contributed by atoms with Gasteiger partial charge in [-0.15, -0.1) is 0 Å². The van der Waals surface area contributed by atoms with Gasteiger partial charge in [0, 0.05) is 26.1 Å². The van der Waals surface area contributed by atoms with Crippen LogP contribution in [0.2, 0.25) is 0 Å². The number of benzene rings is 1. The minimum absolute atomic E-state index is 0.00824.